The number of ether oxygens (including phenoxy) is 1. The Balaban J connectivity index is 1.49. The first kappa shape index (κ1) is 16.4. The molecule has 1 heterocycles. The number of anilines is 1. The van der Waals surface area contributed by atoms with Gasteiger partial charge >= 0.3 is 0 Å². The Kier molecular flexibility index (Phi) is 5.10. The van der Waals surface area contributed by atoms with E-state index in [-0.39, 0.29) is 18.4 Å². The average molecular weight is 330 g/mol. The maximum atomic E-state index is 12.0. The summed E-state index contributed by atoms with van der Waals surface area (Å²) in [5.41, 5.74) is 0.742. The number of rotatable bonds is 8. The molecule has 7 heteroatoms. The van der Waals surface area contributed by atoms with Gasteiger partial charge in [-0.15, -0.1) is 0 Å². The van der Waals surface area contributed by atoms with Crippen molar-refractivity contribution in [2.24, 2.45) is 5.92 Å². The standard InChI is InChI=1S/C17H22N4O3/c1-11(9-18-2)16(22)19-13-5-7-14(8-6-13)23-10-15-20-17(24-21-15)12-3-4-12/h5-8,11-12,18H,3-4,9-10H2,1-2H3,(H,19,22). The number of carbonyl (C=O) groups is 1. The Morgan fingerprint density at radius 2 is 2.12 bits per heavy atom. The number of hydrogen-bond donors (Lipinski definition) is 2. The predicted molar refractivity (Wildman–Crippen MR) is 88.8 cm³/mol. The van der Waals surface area contributed by atoms with Crippen LogP contribution in [0.15, 0.2) is 28.8 Å². The molecule has 3 rings (SSSR count). The van der Waals surface area contributed by atoms with E-state index in [0.29, 0.717) is 29.9 Å². The van der Waals surface area contributed by atoms with Crippen molar-refractivity contribution in [2.75, 3.05) is 18.9 Å². The van der Waals surface area contributed by atoms with E-state index in [2.05, 4.69) is 20.8 Å². The van der Waals surface area contributed by atoms with Crippen molar-refractivity contribution in [1.29, 1.82) is 0 Å². The van der Waals surface area contributed by atoms with Gasteiger partial charge in [-0.3, -0.25) is 4.79 Å². The van der Waals surface area contributed by atoms with Gasteiger partial charge in [0.25, 0.3) is 0 Å². The van der Waals surface area contributed by atoms with Gasteiger partial charge in [-0.2, -0.15) is 4.98 Å². The summed E-state index contributed by atoms with van der Waals surface area (Å²) in [5.74, 6) is 2.29. The first-order chi connectivity index (χ1) is 11.7. The number of carbonyl (C=O) groups excluding carboxylic acids is 1. The minimum absolute atomic E-state index is 0.0163. The Bertz CT molecular complexity index is 679. The van der Waals surface area contributed by atoms with Crippen molar-refractivity contribution < 1.29 is 14.1 Å². The van der Waals surface area contributed by atoms with Crippen molar-refractivity contribution in [3.63, 3.8) is 0 Å². The molecule has 24 heavy (non-hydrogen) atoms. The highest BCUT2D eigenvalue weighted by Gasteiger charge is 2.29. The van der Waals surface area contributed by atoms with Crippen LogP contribution in [0.25, 0.3) is 0 Å². The summed E-state index contributed by atoms with van der Waals surface area (Å²) >= 11 is 0. The lowest BCUT2D eigenvalue weighted by molar-refractivity contribution is -0.119. The molecule has 1 aliphatic rings. The number of benzene rings is 1. The molecule has 0 radical (unpaired) electrons. The topological polar surface area (TPSA) is 89.3 Å². The van der Waals surface area contributed by atoms with Gasteiger partial charge in [-0.05, 0) is 44.2 Å². The minimum atomic E-state index is -0.0928. The quantitative estimate of drug-likeness (QED) is 0.772. The zero-order valence-electron chi connectivity index (χ0n) is 13.9. The van der Waals surface area contributed by atoms with Crippen LogP contribution in [0.1, 0.15) is 37.4 Å². The first-order valence-electron chi connectivity index (χ1n) is 8.16. The third-order valence-corrected chi connectivity index (χ3v) is 3.86. The molecule has 7 nitrogen and oxygen atoms in total. The molecular weight excluding hydrogens is 308 g/mol. The fourth-order valence-electron chi connectivity index (χ4n) is 2.27. The van der Waals surface area contributed by atoms with Gasteiger partial charge in [0.15, 0.2) is 6.61 Å². The fraction of sp³-hybridized carbons (Fsp3) is 0.471. The summed E-state index contributed by atoms with van der Waals surface area (Å²) in [6.07, 6.45) is 2.26. The van der Waals surface area contributed by atoms with E-state index in [1.165, 1.54) is 0 Å². The highest BCUT2D eigenvalue weighted by atomic mass is 16.5. The lowest BCUT2D eigenvalue weighted by atomic mass is 10.1. The van der Waals surface area contributed by atoms with Crippen LogP contribution in [0, 0.1) is 5.92 Å². The average Bonchev–Trinajstić information content (AvgIpc) is 3.33. The Hall–Kier alpha value is -2.41. The molecule has 0 saturated heterocycles. The SMILES string of the molecule is CNCC(C)C(=O)Nc1ccc(OCc2noc(C3CC3)n2)cc1. The van der Waals surface area contributed by atoms with Crippen molar-refractivity contribution in [1.82, 2.24) is 15.5 Å². The molecule has 0 spiro atoms. The molecule has 1 aliphatic carbocycles. The normalized spacial score (nSPS) is 15.1. The lowest BCUT2D eigenvalue weighted by Crippen LogP contribution is -2.28. The zero-order chi connectivity index (χ0) is 16.9. The zero-order valence-corrected chi connectivity index (χ0v) is 13.9. The van der Waals surface area contributed by atoms with Crippen LogP contribution in [-0.4, -0.2) is 29.6 Å². The predicted octanol–water partition coefficient (Wildman–Crippen LogP) is 2.32. The second-order valence-electron chi connectivity index (χ2n) is 6.08. The lowest BCUT2D eigenvalue weighted by Gasteiger charge is -2.12. The van der Waals surface area contributed by atoms with Gasteiger partial charge in [-0.1, -0.05) is 12.1 Å². The van der Waals surface area contributed by atoms with Crippen LogP contribution in [-0.2, 0) is 11.4 Å². The summed E-state index contributed by atoms with van der Waals surface area (Å²) in [6, 6.07) is 7.23. The third-order valence-electron chi connectivity index (χ3n) is 3.86. The Morgan fingerprint density at radius 3 is 2.79 bits per heavy atom. The molecule has 1 fully saturated rings. The van der Waals surface area contributed by atoms with E-state index in [0.717, 1.165) is 18.5 Å². The van der Waals surface area contributed by atoms with E-state index in [4.69, 9.17) is 9.26 Å². The molecule has 0 aliphatic heterocycles. The van der Waals surface area contributed by atoms with E-state index in [9.17, 15) is 4.79 Å². The molecule has 1 aromatic heterocycles. The van der Waals surface area contributed by atoms with E-state index < -0.39 is 0 Å². The Labute approximate surface area is 140 Å². The maximum absolute atomic E-state index is 12.0. The van der Waals surface area contributed by atoms with Crippen LogP contribution < -0.4 is 15.4 Å². The molecule has 128 valence electrons. The largest absolute Gasteiger partial charge is 0.485 e. The number of amides is 1. The summed E-state index contributed by atoms with van der Waals surface area (Å²) in [7, 11) is 1.83. The van der Waals surface area contributed by atoms with Crippen LogP contribution in [0.5, 0.6) is 5.75 Å². The summed E-state index contributed by atoms with van der Waals surface area (Å²) in [5, 5.41) is 9.78. The van der Waals surface area contributed by atoms with Crippen molar-refractivity contribution in [3.05, 3.63) is 36.0 Å². The number of hydrogen-bond acceptors (Lipinski definition) is 6. The summed E-state index contributed by atoms with van der Waals surface area (Å²) < 4.78 is 10.8. The monoisotopic (exact) mass is 330 g/mol. The molecule has 2 aromatic rings. The van der Waals surface area contributed by atoms with Crippen molar-refractivity contribution >= 4 is 11.6 Å². The van der Waals surface area contributed by atoms with Crippen molar-refractivity contribution in [2.45, 2.75) is 32.3 Å². The van der Waals surface area contributed by atoms with Gasteiger partial charge in [0.05, 0.1) is 0 Å². The van der Waals surface area contributed by atoms with Crippen molar-refractivity contribution in [3.8, 4) is 5.75 Å². The molecule has 1 aromatic carbocycles. The van der Waals surface area contributed by atoms with Crippen LogP contribution >= 0.6 is 0 Å². The van der Waals surface area contributed by atoms with Gasteiger partial charge in [0, 0.05) is 24.1 Å². The van der Waals surface area contributed by atoms with E-state index in [1.807, 2.05) is 26.1 Å². The number of aromatic nitrogens is 2. The maximum Gasteiger partial charge on any atom is 0.229 e. The van der Waals surface area contributed by atoms with Crippen LogP contribution in [0.2, 0.25) is 0 Å². The molecule has 1 amide bonds. The summed E-state index contributed by atoms with van der Waals surface area (Å²) in [6.45, 7) is 2.78. The number of nitrogens with zero attached hydrogens (tertiary/aromatic N) is 2. The number of nitrogens with one attached hydrogen (secondary N) is 2. The smallest absolute Gasteiger partial charge is 0.229 e. The third kappa shape index (κ3) is 4.32. The van der Waals surface area contributed by atoms with Gasteiger partial charge < -0.3 is 19.9 Å². The van der Waals surface area contributed by atoms with E-state index in [1.54, 1.807) is 12.1 Å². The highest BCUT2D eigenvalue weighted by molar-refractivity contribution is 5.92. The van der Waals surface area contributed by atoms with Crippen LogP contribution in [0.3, 0.4) is 0 Å². The first-order valence-corrected chi connectivity index (χ1v) is 8.16. The Morgan fingerprint density at radius 1 is 1.38 bits per heavy atom. The molecule has 1 atom stereocenters. The second kappa shape index (κ2) is 7.44. The van der Waals surface area contributed by atoms with Gasteiger partial charge in [0.1, 0.15) is 5.75 Å². The second-order valence-corrected chi connectivity index (χ2v) is 6.08. The van der Waals surface area contributed by atoms with Gasteiger partial charge in [-0.25, -0.2) is 0 Å². The molecule has 1 saturated carbocycles. The fourth-order valence-corrected chi connectivity index (χ4v) is 2.27. The van der Waals surface area contributed by atoms with Crippen LogP contribution in [0.4, 0.5) is 5.69 Å². The molecule has 2 N–H and O–H groups in total. The molecular formula is C17H22N4O3. The van der Waals surface area contributed by atoms with Gasteiger partial charge in [0.2, 0.25) is 17.6 Å². The molecule has 1 unspecified atom stereocenters. The minimum Gasteiger partial charge on any atom is -0.485 e. The molecule has 0 bridgehead atoms. The summed E-state index contributed by atoms with van der Waals surface area (Å²) in [4.78, 5) is 16.3. The highest BCUT2D eigenvalue weighted by Crippen LogP contribution is 2.38. The van der Waals surface area contributed by atoms with E-state index >= 15 is 0 Å².